The van der Waals surface area contributed by atoms with Crippen molar-refractivity contribution in [2.75, 3.05) is 39.4 Å². The number of halogens is 4. The van der Waals surface area contributed by atoms with Gasteiger partial charge in [-0.15, -0.1) is 0 Å². The molecule has 0 aromatic carbocycles. The molecule has 1 fully saturated rings. The minimum absolute atomic E-state index is 0.132. The number of nitrogens with zero attached hydrogens (tertiary/aromatic N) is 3. The molecule has 0 aliphatic carbocycles. The Morgan fingerprint density at radius 1 is 1.40 bits per heavy atom. The number of rotatable bonds is 6. The quantitative estimate of drug-likeness (QED) is 0.709. The third-order valence-corrected chi connectivity index (χ3v) is 5.10. The number of aromatic nitrogens is 2. The number of amides is 1. The maximum absolute atomic E-state index is 12.9. The summed E-state index contributed by atoms with van der Waals surface area (Å²) in [4.78, 5) is 14.5. The molecule has 0 spiro atoms. The van der Waals surface area contributed by atoms with Crippen molar-refractivity contribution in [2.24, 2.45) is 0 Å². The van der Waals surface area contributed by atoms with Crippen LogP contribution in [0.1, 0.15) is 30.8 Å². The van der Waals surface area contributed by atoms with E-state index < -0.39 is 17.9 Å². The first-order chi connectivity index (χ1) is 11.7. The van der Waals surface area contributed by atoms with E-state index in [0.29, 0.717) is 6.54 Å². The molecular weight excluding hydrogens is 405 g/mol. The summed E-state index contributed by atoms with van der Waals surface area (Å²) < 4.78 is 45.0. The highest BCUT2D eigenvalue weighted by atomic mass is 79.9. The van der Waals surface area contributed by atoms with Crippen LogP contribution < -0.4 is 5.32 Å². The van der Waals surface area contributed by atoms with Crippen molar-refractivity contribution >= 4 is 21.8 Å². The first-order valence-electron chi connectivity index (χ1n) is 8.11. The number of hydrogen-bond donors (Lipinski definition) is 1. The summed E-state index contributed by atoms with van der Waals surface area (Å²) in [7, 11) is 0. The molecular formula is C15H22BrF3N4O2. The second-order valence-electron chi connectivity index (χ2n) is 5.96. The largest absolute Gasteiger partial charge is 0.436 e. The first kappa shape index (κ1) is 20.2. The van der Waals surface area contributed by atoms with Crippen LogP contribution in [0.3, 0.4) is 0 Å². The van der Waals surface area contributed by atoms with Crippen LogP contribution in [-0.2, 0) is 15.7 Å². The smallest absolute Gasteiger partial charge is 0.379 e. The normalized spacial score (nSPS) is 17.5. The van der Waals surface area contributed by atoms with Crippen molar-refractivity contribution in [3.63, 3.8) is 0 Å². The molecule has 2 rings (SSSR count). The predicted octanol–water partition coefficient (Wildman–Crippen LogP) is 2.37. The molecule has 25 heavy (non-hydrogen) atoms. The average molecular weight is 427 g/mol. The number of carbonyl (C=O) groups excluding carboxylic acids is 1. The third-order valence-electron chi connectivity index (χ3n) is 4.15. The van der Waals surface area contributed by atoms with Crippen molar-refractivity contribution in [3.8, 4) is 0 Å². The summed E-state index contributed by atoms with van der Waals surface area (Å²) in [5, 5.41) is 6.33. The standard InChI is InChI=1S/C15H22BrF3N4O2/c1-10-12(16)13(15(17,18)19)21-23(10)11(2)14(24)20-4-3-5-22-6-8-25-9-7-22/h11H,3-9H2,1-2H3,(H,20,24)/t11-/m0/s1. The van der Waals surface area contributed by atoms with Crippen molar-refractivity contribution in [2.45, 2.75) is 32.5 Å². The Morgan fingerprint density at radius 2 is 2.04 bits per heavy atom. The average Bonchev–Trinajstić information content (AvgIpc) is 2.87. The molecule has 1 N–H and O–H groups in total. The summed E-state index contributed by atoms with van der Waals surface area (Å²) in [6.07, 6.45) is -3.79. The monoisotopic (exact) mass is 426 g/mol. The molecule has 1 atom stereocenters. The van der Waals surface area contributed by atoms with Crippen molar-refractivity contribution in [3.05, 3.63) is 15.9 Å². The zero-order valence-corrected chi connectivity index (χ0v) is 15.8. The number of nitrogens with one attached hydrogen (secondary N) is 1. The molecule has 0 bridgehead atoms. The van der Waals surface area contributed by atoms with Crippen LogP contribution in [0, 0.1) is 6.92 Å². The Hall–Kier alpha value is -1.13. The van der Waals surface area contributed by atoms with E-state index in [4.69, 9.17) is 4.74 Å². The van der Waals surface area contributed by atoms with Crippen LogP contribution in [0.15, 0.2) is 4.47 Å². The molecule has 2 heterocycles. The minimum atomic E-state index is -4.57. The molecule has 1 saturated heterocycles. The van der Waals surface area contributed by atoms with Gasteiger partial charge in [0.2, 0.25) is 5.91 Å². The maximum Gasteiger partial charge on any atom is 0.436 e. The van der Waals surface area contributed by atoms with Gasteiger partial charge in [0.15, 0.2) is 5.69 Å². The summed E-state index contributed by atoms with van der Waals surface area (Å²) in [5.74, 6) is -0.353. The fourth-order valence-electron chi connectivity index (χ4n) is 2.65. The Labute approximate surface area is 152 Å². The van der Waals surface area contributed by atoms with Gasteiger partial charge in [0, 0.05) is 19.6 Å². The van der Waals surface area contributed by atoms with Gasteiger partial charge in [-0.3, -0.25) is 14.4 Å². The number of carbonyl (C=O) groups is 1. The number of hydrogen-bond acceptors (Lipinski definition) is 4. The first-order valence-corrected chi connectivity index (χ1v) is 8.90. The lowest BCUT2D eigenvalue weighted by atomic mass is 10.3. The van der Waals surface area contributed by atoms with E-state index in [2.05, 4.69) is 31.2 Å². The molecule has 1 aliphatic rings. The van der Waals surface area contributed by atoms with Gasteiger partial charge in [0.05, 0.1) is 23.4 Å². The van der Waals surface area contributed by atoms with Gasteiger partial charge in [-0.05, 0) is 42.7 Å². The summed E-state index contributed by atoms with van der Waals surface area (Å²) in [6.45, 7) is 7.54. The molecule has 10 heteroatoms. The zero-order chi connectivity index (χ0) is 18.6. The molecule has 1 amide bonds. The fourth-order valence-corrected chi connectivity index (χ4v) is 3.14. The van der Waals surface area contributed by atoms with Crippen LogP contribution in [0.5, 0.6) is 0 Å². The molecule has 142 valence electrons. The van der Waals surface area contributed by atoms with Gasteiger partial charge in [-0.25, -0.2) is 0 Å². The predicted molar refractivity (Wildman–Crippen MR) is 89.3 cm³/mol. The van der Waals surface area contributed by atoms with Crippen LogP contribution in [0.25, 0.3) is 0 Å². The van der Waals surface area contributed by atoms with E-state index in [0.717, 1.165) is 44.0 Å². The summed E-state index contributed by atoms with van der Waals surface area (Å²) >= 11 is 2.91. The van der Waals surface area contributed by atoms with Gasteiger partial charge in [0.25, 0.3) is 0 Å². The second kappa shape index (κ2) is 8.50. The number of alkyl halides is 3. The van der Waals surface area contributed by atoms with E-state index in [1.165, 1.54) is 13.8 Å². The molecule has 6 nitrogen and oxygen atoms in total. The molecule has 0 saturated carbocycles. The lowest BCUT2D eigenvalue weighted by Crippen LogP contribution is -2.39. The lowest BCUT2D eigenvalue weighted by Gasteiger charge is -2.26. The highest BCUT2D eigenvalue weighted by molar-refractivity contribution is 9.10. The molecule has 1 aliphatic heterocycles. The lowest BCUT2D eigenvalue weighted by molar-refractivity contribution is -0.142. The van der Waals surface area contributed by atoms with Crippen LogP contribution in [-0.4, -0.2) is 60.0 Å². The van der Waals surface area contributed by atoms with E-state index in [1.807, 2.05) is 0 Å². The summed E-state index contributed by atoms with van der Waals surface area (Å²) in [6, 6.07) is -0.823. The van der Waals surface area contributed by atoms with Crippen LogP contribution >= 0.6 is 15.9 Å². The highest BCUT2D eigenvalue weighted by Gasteiger charge is 2.38. The fraction of sp³-hybridized carbons (Fsp3) is 0.733. The van der Waals surface area contributed by atoms with Crippen molar-refractivity contribution < 1.29 is 22.7 Å². The highest BCUT2D eigenvalue weighted by Crippen LogP contribution is 2.36. The second-order valence-corrected chi connectivity index (χ2v) is 6.76. The SMILES string of the molecule is Cc1c(Br)c(C(F)(F)F)nn1[C@@H](C)C(=O)NCCCN1CCOCC1. The molecule has 0 radical (unpaired) electrons. The Balaban J connectivity index is 1.87. The van der Waals surface area contributed by atoms with E-state index >= 15 is 0 Å². The van der Waals surface area contributed by atoms with Gasteiger partial charge < -0.3 is 10.1 Å². The van der Waals surface area contributed by atoms with E-state index in [9.17, 15) is 18.0 Å². The minimum Gasteiger partial charge on any atom is -0.379 e. The zero-order valence-electron chi connectivity index (χ0n) is 14.2. The van der Waals surface area contributed by atoms with Crippen molar-refractivity contribution in [1.82, 2.24) is 20.0 Å². The third kappa shape index (κ3) is 5.18. The van der Waals surface area contributed by atoms with Crippen LogP contribution in [0.2, 0.25) is 0 Å². The van der Waals surface area contributed by atoms with Gasteiger partial charge in [-0.1, -0.05) is 0 Å². The topological polar surface area (TPSA) is 59.4 Å². The molecule has 0 unspecified atom stereocenters. The van der Waals surface area contributed by atoms with Crippen LogP contribution in [0.4, 0.5) is 13.2 Å². The Kier molecular flexibility index (Phi) is 6.86. The molecule has 1 aromatic rings. The number of ether oxygens (including phenoxy) is 1. The van der Waals surface area contributed by atoms with Gasteiger partial charge >= 0.3 is 6.18 Å². The molecule has 1 aromatic heterocycles. The van der Waals surface area contributed by atoms with Crippen molar-refractivity contribution in [1.29, 1.82) is 0 Å². The Morgan fingerprint density at radius 3 is 2.60 bits per heavy atom. The van der Waals surface area contributed by atoms with Gasteiger partial charge in [0.1, 0.15) is 6.04 Å². The van der Waals surface area contributed by atoms with Gasteiger partial charge in [-0.2, -0.15) is 18.3 Å². The summed E-state index contributed by atoms with van der Waals surface area (Å²) in [5.41, 5.74) is -0.750. The number of morpholine rings is 1. The van der Waals surface area contributed by atoms with E-state index in [-0.39, 0.29) is 16.1 Å². The maximum atomic E-state index is 12.9. The van der Waals surface area contributed by atoms with E-state index in [1.54, 1.807) is 0 Å². The Bertz CT molecular complexity index is 600.